The van der Waals surface area contributed by atoms with E-state index in [4.69, 9.17) is 14.2 Å². The lowest BCUT2D eigenvalue weighted by Crippen LogP contribution is -2.28. The molecule has 2 aliphatic heterocycles. The van der Waals surface area contributed by atoms with E-state index in [2.05, 4.69) is 60.8 Å². The molecule has 1 unspecified atom stereocenters. The molecule has 0 aromatic heterocycles. The predicted molar refractivity (Wildman–Crippen MR) is 132 cm³/mol. The summed E-state index contributed by atoms with van der Waals surface area (Å²) in [5, 5.41) is 3.65. The van der Waals surface area contributed by atoms with Gasteiger partial charge in [-0.2, -0.15) is 0 Å². The number of methoxy groups -OCH3 is 1. The average Bonchev–Trinajstić information content (AvgIpc) is 2.87. The fourth-order valence-electron chi connectivity index (χ4n) is 4.72. The van der Waals surface area contributed by atoms with E-state index in [1.54, 1.807) is 7.11 Å². The van der Waals surface area contributed by atoms with Crippen LogP contribution in [0.15, 0.2) is 60.7 Å². The summed E-state index contributed by atoms with van der Waals surface area (Å²) in [7, 11) is 1.70. The van der Waals surface area contributed by atoms with Crippen molar-refractivity contribution in [2.75, 3.05) is 20.3 Å². The lowest BCUT2D eigenvalue weighted by atomic mass is 9.92. The second kappa shape index (κ2) is 9.72. The summed E-state index contributed by atoms with van der Waals surface area (Å²) in [5.41, 5.74) is 7.43. The van der Waals surface area contributed by atoms with Gasteiger partial charge in [-0.05, 0) is 66.1 Å². The van der Waals surface area contributed by atoms with Crippen molar-refractivity contribution in [1.82, 2.24) is 5.32 Å². The molecule has 1 N–H and O–H groups in total. The van der Waals surface area contributed by atoms with E-state index in [0.29, 0.717) is 6.61 Å². The van der Waals surface area contributed by atoms with Gasteiger partial charge in [-0.3, -0.25) is 0 Å². The van der Waals surface area contributed by atoms with Crippen LogP contribution in [0.2, 0.25) is 0 Å². The molecule has 0 spiro atoms. The van der Waals surface area contributed by atoms with Crippen molar-refractivity contribution in [3.05, 3.63) is 94.1 Å². The van der Waals surface area contributed by atoms with Crippen molar-refractivity contribution in [3.8, 4) is 17.2 Å². The van der Waals surface area contributed by atoms with E-state index in [1.165, 1.54) is 27.8 Å². The number of nitrogens with one attached hydrogen (secondary N) is 1. The van der Waals surface area contributed by atoms with E-state index < -0.39 is 0 Å². The molecule has 3 aromatic rings. The number of hydrogen-bond acceptors (Lipinski definition) is 4. The summed E-state index contributed by atoms with van der Waals surface area (Å²) in [6, 6.07) is 19.0. The molecule has 4 heteroatoms. The van der Waals surface area contributed by atoms with Gasteiger partial charge in [0.15, 0.2) is 11.5 Å². The van der Waals surface area contributed by atoms with Crippen LogP contribution in [0.1, 0.15) is 45.8 Å². The highest BCUT2D eigenvalue weighted by Crippen LogP contribution is 2.37. The third kappa shape index (κ3) is 4.62. The average molecular weight is 442 g/mol. The minimum atomic E-state index is 0.115. The number of aryl methyl sites for hydroxylation is 2. The van der Waals surface area contributed by atoms with Gasteiger partial charge in [-0.1, -0.05) is 54.6 Å². The summed E-state index contributed by atoms with van der Waals surface area (Å²) in [4.78, 5) is 0. The molecule has 2 aliphatic rings. The maximum atomic E-state index is 6.14. The van der Waals surface area contributed by atoms with Gasteiger partial charge in [0.05, 0.1) is 19.8 Å². The molecule has 0 aliphatic carbocycles. The predicted octanol–water partition coefficient (Wildman–Crippen LogP) is 5.81. The zero-order valence-corrected chi connectivity index (χ0v) is 19.4. The molecule has 0 amide bonds. The zero-order chi connectivity index (χ0) is 22.6. The lowest BCUT2D eigenvalue weighted by Gasteiger charge is -2.27. The van der Waals surface area contributed by atoms with Gasteiger partial charge < -0.3 is 19.5 Å². The maximum absolute atomic E-state index is 6.14. The first-order valence-electron chi connectivity index (χ1n) is 11.8. The van der Waals surface area contributed by atoms with Crippen LogP contribution in [-0.2, 0) is 19.4 Å². The van der Waals surface area contributed by atoms with Crippen LogP contribution in [-0.4, -0.2) is 20.3 Å². The molecule has 0 saturated heterocycles. The van der Waals surface area contributed by atoms with Crippen LogP contribution in [0, 0.1) is 6.92 Å². The van der Waals surface area contributed by atoms with Crippen LogP contribution < -0.4 is 19.5 Å². The van der Waals surface area contributed by atoms with Crippen LogP contribution in [0.25, 0.3) is 6.08 Å². The molecule has 5 rings (SSSR count). The Balaban J connectivity index is 1.41. The molecular weight excluding hydrogens is 410 g/mol. The molecule has 2 heterocycles. The minimum absolute atomic E-state index is 0.115. The highest BCUT2D eigenvalue weighted by atomic mass is 16.5. The number of benzene rings is 3. The highest BCUT2D eigenvalue weighted by Gasteiger charge is 2.22. The van der Waals surface area contributed by atoms with Gasteiger partial charge in [0.1, 0.15) is 12.4 Å². The van der Waals surface area contributed by atoms with E-state index in [0.717, 1.165) is 55.2 Å². The summed E-state index contributed by atoms with van der Waals surface area (Å²) in [6.07, 6.45) is 7.62. The number of hydrogen-bond donors (Lipinski definition) is 1. The summed E-state index contributed by atoms with van der Waals surface area (Å²) in [6.45, 7) is 4.40. The molecule has 4 nitrogen and oxygen atoms in total. The standard InChI is InChI=1S/C29H31NO3/c1-20-10-11-22-9-6-16-32-29(22)24(20)12-13-26-25-18-27(31-2)28(17-23(25)14-15-30-26)33-19-21-7-4-3-5-8-21/h3-5,7-8,10-13,17-18,26,30H,6,9,14-16,19H2,1-2H3/b13-12+. The Morgan fingerprint density at radius 3 is 2.76 bits per heavy atom. The Labute approximate surface area is 196 Å². The number of rotatable bonds is 6. The SMILES string of the molecule is COc1cc2c(cc1OCc1ccccc1)CCNC2/C=C/c1c(C)ccc2c1OCCC2. The third-order valence-corrected chi connectivity index (χ3v) is 6.54. The Bertz CT molecular complexity index is 1150. The van der Waals surface area contributed by atoms with Gasteiger partial charge >= 0.3 is 0 Å². The molecule has 0 fully saturated rings. The van der Waals surface area contributed by atoms with Gasteiger partial charge in [-0.15, -0.1) is 0 Å². The molecule has 170 valence electrons. The van der Waals surface area contributed by atoms with Crippen LogP contribution >= 0.6 is 0 Å². The molecule has 0 saturated carbocycles. The molecule has 0 bridgehead atoms. The van der Waals surface area contributed by atoms with Crippen LogP contribution in [0.3, 0.4) is 0 Å². The quantitative estimate of drug-likeness (QED) is 0.524. The van der Waals surface area contributed by atoms with Gasteiger partial charge in [0.25, 0.3) is 0 Å². The first-order valence-corrected chi connectivity index (χ1v) is 11.8. The molecule has 33 heavy (non-hydrogen) atoms. The van der Waals surface area contributed by atoms with Crippen molar-refractivity contribution in [2.45, 2.75) is 38.8 Å². The Hall–Kier alpha value is -3.24. The van der Waals surface area contributed by atoms with E-state index in [1.807, 2.05) is 18.2 Å². The molecule has 3 aromatic carbocycles. The van der Waals surface area contributed by atoms with Gasteiger partial charge in [-0.25, -0.2) is 0 Å². The topological polar surface area (TPSA) is 39.7 Å². The smallest absolute Gasteiger partial charge is 0.161 e. The normalized spacial score (nSPS) is 17.2. The lowest BCUT2D eigenvalue weighted by molar-refractivity contribution is 0.283. The Kier molecular flexibility index (Phi) is 6.36. The molecule has 1 atom stereocenters. The minimum Gasteiger partial charge on any atom is -0.493 e. The summed E-state index contributed by atoms with van der Waals surface area (Å²) >= 11 is 0. The highest BCUT2D eigenvalue weighted by molar-refractivity contribution is 5.65. The van der Waals surface area contributed by atoms with E-state index in [-0.39, 0.29) is 6.04 Å². The number of fused-ring (bicyclic) bond motifs is 2. The Morgan fingerprint density at radius 1 is 1.03 bits per heavy atom. The first-order chi connectivity index (χ1) is 16.2. The van der Waals surface area contributed by atoms with Crippen molar-refractivity contribution in [1.29, 1.82) is 0 Å². The fourth-order valence-corrected chi connectivity index (χ4v) is 4.72. The van der Waals surface area contributed by atoms with E-state index in [9.17, 15) is 0 Å². The summed E-state index contributed by atoms with van der Waals surface area (Å²) < 4.78 is 17.9. The van der Waals surface area contributed by atoms with Gasteiger partial charge in [0.2, 0.25) is 0 Å². The largest absolute Gasteiger partial charge is 0.493 e. The van der Waals surface area contributed by atoms with Crippen molar-refractivity contribution >= 4 is 6.08 Å². The zero-order valence-electron chi connectivity index (χ0n) is 19.4. The fraction of sp³-hybridized carbons (Fsp3) is 0.310. The number of ether oxygens (including phenoxy) is 3. The molecule has 0 radical (unpaired) electrons. The van der Waals surface area contributed by atoms with Crippen LogP contribution in [0.5, 0.6) is 17.2 Å². The van der Waals surface area contributed by atoms with Gasteiger partial charge in [0, 0.05) is 12.1 Å². The third-order valence-electron chi connectivity index (χ3n) is 6.54. The monoisotopic (exact) mass is 441 g/mol. The van der Waals surface area contributed by atoms with Crippen molar-refractivity contribution in [2.24, 2.45) is 0 Å². The van der Waals surface area contributed by atoms with E-state index >= 15 is 0 Å². The Morgan fingerprint density at radius 2 is 1.91 bits per heavy atom. The van der Waals surface area contributed by atoms with Crippen molar-refractivity contribution in [3.63, 3.8) is 0 Å². The van der Waals surface area contributed by atoms with Crippen molar-refractivity contribution < 1.29 is 14.2 Å². The second-order valence-corrected chi connectivity index (χ2v) is 8.75. The second-order valence-electron chi connectivity index (χ2n) is 8.75. The first kappa shape index (κ1) is 21.6. The maximum Gasteiger partial charge on any atom is 0.161 e. The van der Waals surface area contributed by atoms with Crippen LogP contribution in [0.4, 0.5) is 0 Å². The molecular formula is C29H31NO3. The summed E-state index contributed by atoms with van der Waals surface area (Å²) in [5.74, 6) is 2.62.